The van der Waals surface area contributed by atoms with Gasteiger partial charge in [0, 0.05) is 33.0 Å². The molecule has 0 aliphatic heterocycles. The Balaban J connectivity index is 1.27. The molecule has 0 amide bonds. The minimum absolute atomic E-state index is 0.893. The standard InChI is InChI=1S/C46H31NO/c1-3-14-32(15-4-1)35-19-13-20-37(30-35)47(43-24-11-9-21-38(43)33-16-5-2-6-17-33)44-25-12-10-22-39(44)36-27-29-45-42(31-36)41-28-26-34-18-7-8-23-40(34)46(41)48-45/h1-31H. The van der Waals surface area contributed by atoms with Gasteiger partial charge < -0.3 is 9.32 Å². The molecule has 1 heterocycles. The van der Waals surface area contributed by atoms with E-state index in [-0.39, 0.29) is 0 Å². The van der Waals surface area contributed by atoms with Crippen molar-refractivity contribution >= 4 is 49.8 Å². The number of para-hydroxylation sites is 2. The van der Waals surface area contributed by atoms with E-state index in [1.54, 1.807) is 0 Å². The quantitative estimate of drug-likeness (QED) is 0.185. The smallest absolute Gasteiger partial charge is 0.143 e. The lowest BCUT2D eigenvalue weighted by Crippen LogP contribution is -2.12. The van der Waals surface area contributed by atoms with Crippen LogP contribution in [0.25, 0.3) is 66.1 Å². The number of nitrogens with zero attached hydrogens (tertiary/aromatic N) is 1. The van der Waals surface area contributed by atoms with E-state index >= 15 is 0 Å². The first-order valence-corrected chi connectivity index (χ1v) is 16.4. The summed E-state index contributed by atoms with van der Waals surface area (Å²) in [7, 11) is 0. The lowest BCUT2D eigenvalue weighted by atomic mass is 9.97. The third-order valence-electron chi connectivity index (χ3n) is 9.26. The Morgan fingerprint density at radius 1 is 0.354 bits per heavy atom. The molecule has 0 atom stereocenters. The zero-order valence-corrected chi connectivity index (χ0v) is 26.3. The largest absolute Gasteiger partial charge is 0.455 e. The zero-order chi connectivity index (χ0) is 31.9. The number of hydrogen-bond donors (Lipinski definition) is 0. The molecular formula is C46H31NO. The van der Waals surface area contributed by atoms with Gasteiger partial charge in [-0.1, -0.05) is 146 Å². The second kappa shape index (κ2) is 11.8. The van der Waals surface area contributed by atoms with E-state index in [0.29, 0.717) is 0 Å². The Morgan fingerprint density at radius 2 is 0.979 bits per heavy atom. The average molecular weight is 614 g/mol. The zero-order valence-electron chi connectivity index (χ0n) is 26.3. The fraction of sp³-hybridized carbons (Fsp3) is 0. The Hall–Kier alpha value is -6.38. The number of rotatable bonds is 6. The molecule has 0 radical (unpaired) electrons. The molecule has 0 aliphatic rings. The first kappa shape index (κ1) is 27.9. The molecule has 0 spiro atoms. The van der Waals surface area contributed by atoms with Gasteiger partial charge in [0.25, 0.3) is 0 Å². The van der Waals surface area contributed by atoms with Crippen molar-refractivity contribution in [3.63, 3.8) is 0 Å². The molecule has 0 bridgehead atoms. The van der Waals surface area contributed by atoms with Crippen LogP contribution < -0.4 is 4.90 Å². The van der Waals surface area contributed by atoms with Crippen LogP contribution in [0.3, 0.4) is 0 Å². The van der Waals surface area contributed by atoms with Crippen LogP contribution in [0.4, 0.5) is 17.1 Å². The Labute approximate surface area is 279 Å². The highest BCUT2D eigenvalue weighted by Crippen LogP contribution is 2.46. The maximum atomic E-state index is 6.48. The van der Waals surface area contributed by atoms with Gasteiger partial charge in [0.15, 0.2) is 0 Å². The number of anilines is 3. The van der Waals surface area contributed by atoms with Gasteiger partial charge in [0.2, 0.25) is 0 Å². The summed E-state index contributed by atoms with van der Waals surface area (Å²) in [6.07, 6.45) is 0. The van der Waals surface area contributed by atoms with E-state index < -0.39 is 0 Å². The van der Waals surface area contributed by atoms with Crippen LogP contribution in [0.15, 0.2) is 192 Å². The second-order valence-electron chi connectivity index (χ2n) is 12.1. The van der Waals surface area contributed by atoms with Crippen molar-refractivity contribution in [1.29, 1.82) is 0 Å². The number of benzene rings is 8. The molecule has 0 fully saturated rings. The van der Waals surface area contributed by atoms with Gasteiger partial charge in [-0.2, -0.15) is 0 Å². The van der Waals surface area contributed by atoms with Crippen molar-refractivity contribution in [2.75, 3.05) is 4.90 Å². The highest BCUT2D eigenvalue weighted by atomic mass is 16.3. The fourth-order valence-corrected chi connectivity index (χ4v) is 6.98. The lowest BCUT2D eigenvalue weighted by molar-refractivity contribution is 0.672. The highest BCUT2D eigenvalue weighted by Gasteiger charge is 2.21. The van der Waals surface area contributed by atoms with E-state index in [1.165, 1.54) is 27.6 Å². The van der Waals surface area contributed by atoms with Crippen LogP contribution in [0.2, 0.25) is 0 Å². The molecule has 48 heavy (non-hydrogen) atoms. The monoisotopic (exact) mass is 613 g/mol. The van der Waals surface area contributed by atoms with Crippen molar-refractivity contribution < 1.29 is 4.42 Å². The molecule has 2 heteroatoms. The highest BCUT2D eigenvalue weighted by molar-refractivity contribution is 6.15. The number of hydrogen-bond acceptors (Lipinski definition) is 2. The van der Waals surface area contributed by atoms with Gasteiger partial charge in [-0.3, -0.25) is 0 Å². The average Bonchev–Trinajstić information content (AvgIpc) is 3.55. The van der Waals surface area contributed by atoms with Gasteiger partial charge in [0.05, 0.1) is 11.4 Å². The van der Waals surface area contributed by atoms with Gasteiger partial charge in [-0.25, -0.2) is 0 Å². The predicted octanol–water partition coefficient (Wildman–Crippen LogP) is 13.2. The van der Waals surface area contributed by atoms with Crippen LogP contribution in [0.5, 0.6) is 0 Å². The van der Waals surface area contributed by atoms with Crippen LogP contribution in [0.1, 0.15) is 0 Å². The Kier molecular flexibility index (Phi) is 6.84. The summed E-state index contributed by atoms with van der Waals surface area (Å²) in [4.78, 5) is 2.41. The third-order valence-corrected chi connectivity index (χ3v) is 9.26. The van der Waals surface area contributed by atoms with E-state index in [0.717, 1.165) is 55.5 Å². The lowest BCUT2D eigenvalue weighted by Gasteiger charge is -2.30. The number of fused-ring (bicyclic) bond motifs is 5. The van der Waals surface area contributed by atoms with E-state index in [1.807, 2.05) is 0 Å². The molecule has 0 unspecified atom stereocenters. The summed E-state index contributed by atoms with van der Waals surface area (Å²) < 4.78 is 6.48. The molecule has 9 aromatic rings. The van der Waals surface area contributed by atoms with Crippen molar-refractivity contribution in [2.45, 2.75) is 0 Å². The van der Waals surface area contributed by atoms with E-state index in [2.05, 4.69) is 193 Å². The van der Waals surface area contributed by atoms with Crippen LogP contribution >= 0.6 is 0 Å². The van der Waals surface area contributed by atoms with Gasteiger partial charge in [-0.05, 0) is 70.1 Å². The summed E-state index contributed by atoms with van der Waals surface area (Å²) in [6, 6.07) is 66.9. The van der Waals surface area contributed by atoms with Gasteiger partial charge in [-0.15, -0.1) is 0 Å². The molecule has 0 saturated heterocycles. The van der Waals surface area contributed by atoms with Crippen LogP contribution in [0, 0.1) is 0 Å². The molecule has 0 N–H and O–H groups in total. The summed E-state index contributed by atoms with van der Waals surface area (Å²) >= 11 is 0. The second-order valence-corrected chi connectivity index (χ2v) is 12.1. The van der Waals surface area contributed by atoms with Crippen molar-refractivity contribution in [1.82, 2.24) is 0 Å². The van der Waals surface area contributed by atoms with E-state index in [4.69, 9.17) is 4.42 Å². The van der Waals surface area contributed by atoms with Crippen molar-refractivity contribution in [3.05, 3.63) is 188 Å². The predicted molar refractivity (Wildman–Crippen MR) is 202 cm³/mol. The molecule has 1 aromatic heterocycles. The SMILES string of the molecule is c1ccc(-c2cccc(N(c3ccccc3-c3ccccc3)c3ccccc3-c3ccc4oc5c6ccccc6ccc5c4c3)c2)cc1. The molecule has 226 valence electrons. The maximum Gasteiger partial charge on any atom is 0.143 e. The van der Waals surface area contributed by atoms with Gasteiger partial charge >= 0.3 is 0 Å². The summed E-state index contributed by atoms with van der Waals surface area (Å²) in [6.45, 7) is 0. The fourth-order valence-electron chi connectivity index (χ4n) is 6.98. The minimum Gasteiger partial charge on any atom is -0.455 e. The van der Waals surface area contributed by atoms with Crippen LogP contribution in [-0.4, -0.2) is 0 Å². The maximum absolute atomic E-state index is 6.48. The topological polar surface area (TPSA) is 16.4 Å². The normalized spacial score (nSPS) is 11.3. The Bertz CT molecular complexity index is 2560. The first-order valence-electron chi connectivity index (χ1n) is 16.4. The summed E-state index contributed by atoms with van der Waals surface area (Å²) in [5, 5.41) is 4.56. The van der Waals surface area contributed by atoms with Crippen molar-refractivity contribution in [2.24, 2.45) is 0 Å². The molecular weight excluding hydrogens is 583 g/mol. The number of furan rings is 1. The summed E-state index contributed by atoms with van der Waals surface area (Å²) in [5.41, 5.74) is 12.1. The molecule has 0 saturated carbocycles. The van der Waals surface area contributed by atoms with Crippen molar-refractivity contribution in [3.8, 4) is 33.4 Å². The third kappa shape index (κ3) is 4.83. The van der Waals surface area contributed by atoms with Crippen LogP contribution in [-0.2, 0) is 0 Å². The molecule has 8 aromatic carbocycles. The minimum atomic E-state index is 0.893. The molecule has 2 nitrogen and oxygen atoms in total. The molecule has 0 aliphatic carbocycles. The van der Waals surface area contributed by atoms with Gasteiger partial charge in [0.1, 0.15) is 11.2 Å². The Morgan fingerprint density at radius 3 is 1.75 bits per heavy atom. The summed E-state index contributed by atoms with van der Waals surface area (Å²) in [5.74, 6) is 0. The molecule has 9 rings (SSSR count). The first-order chi connectivity index (χ1) is 23.8. The van der Waals surface area contributed by atoms with E-state index in [9.17, 15) is 0 Å².